The van der Waals surface area contributed by atoms with E-state index in [4.69, 9.17) is 15.2 Å². The van der Waals surface area contributed by atoms with Gasteiger partial charge in [0.25, 0.3) is 0 Å². The van der Waals surface area contributed by atoms with Crippen LogP contribution in [-0.4, -0.2) is 63.4 Å². The second kappa shape index (κ2) is 10.9. The largest absolute Gasteiger partial charge is 0.497 e. The van der Waals surface area contributed by atoms with Crippen LogP contribution in [0.15, 0.2) is 48.7 Å². The number of likely N-dealkylation sites (tertiary alicyclic amines) is 1. The van der Waals surface area contributed by atoms with Crippen LogP contribution in [0.3, 0.4) is 0 Å². The number of ether oxygens (including phenoxy) is 2. The number of aromatic nitrogens is 5. The number of halogens is 2. The van der Waals surface area contributed by atoms with Gasteiger partial charge in [-0.1, -0.05) is 18.6 Å². The Morgan fingerprint density at radius 3 is 2.51 bits per heavy atom. The minimum atomic E-state index is -1.12. The summed E-state index contributed by atoms with van der Waals surface area (Å²) in [4.78, 5) is 6.52. The summed E-state index contributed by atoms with van der Waals surface area (Å²) < 4.78 is 42.0. The number of hydrogen-bond acceptors (Lipinski definition) is 8. The third kappa shape index (κ3) is 5.21. The molecule has 0 aliphatic carbocycles. The van der Waals surface area contributed by atoms with E-state index >= 15 is 4.39 Å². The van der Waals surface area contributed by atoms with E-state index in [0.29, 0.717) is 17.9 Å². The summed E-state index contributed by atoms with van der Waals surface area (Å²) in [6.45, 7) is 2.93. The Kier molecular flexibility index (Phi) is 7.22. The molecule has 0 spiro atoms. The lowest BCUT2D eigenvalue weighted by Crippen LogP contribution is -2.33. The third-order valence-electron chi connectivity index (χ3n) is 6.42. The number of tetrazole rings is 1. The Morgan fingerprint density at radius 2 is 1.76 bits per heavy atom. The van der Waals surface area contributed by atoms with Gasteiger partial charge in [-0.05, 0) is 72.3 Å². The molecule has 0 bridgehead atoms. The summed E-state index contributed by atoms with van der Waals surface area (Å²) >= 11 is 0. The summed E-state index contributed by atoms with van der Waals surface area (Å²) in [7, 11) is 1.59. The minimum Gasteiger partial charge on any atom is -0.497 e. The molecule has 0 atom stereocenters. The first-order valence-corrected chi connectivity index (χ1v) is 12.1. The van der Waals surface area contributed by atoms with Crippen LogP contribution in [0, 0.1) is 11.6 Å². The lowest BCUT2D eigenvalue weighted by Gasteiger charge is -2.26. The Balaban J connectivity index is 1.40. The van der Waals surface area contributed by atoms with Gasteiger partial charge in [-0.3, -0.25) is 4.90 Å². The summed E-state index contributed by atoms with van der Waals surface area (Å²) in [6.07, 6.45) is 5.14. The lowest BCUT2D eigenvalue weighted by molar-refractivity contribution is 0.179. The van der Waals surface area contributed by atoms with Crippen molar-refractivity contribution in [3.05, 3.63) is 60.3 Å². The zero-order chi connectivity index (χ0) is 25.8. The molecule has 0 amide bonds. The molecule has 2 aromatic carbocycles. The van der Waals surface area contributed by atoms with Crippen molar-refractivity contribution in [1.29, 1.82) is 0 Å². The fraction of sp³-hybridized carbons (Fsp3) is 0.308. The highest BCUT2D eigenvalue weighted by Gasteiger charge is 2.22. The van der Waals surface area contributed by atoms with Crippen molar-refractivity contribution >= 4 is 5.82 Å². The van der Waals surface area contributed by atoms with E-state index in [0.717, 1.165) is 41.7 Å². The van der Waals surface area contributed by atoms with Crippen LogP contribution in [0.5, 0.6) is 11.5 Å². The Labute approximate surface area is 212 Å². The first-order valence-electron chi connectivity index (χ1n) is 12.1. The van der Waals surface area contributed by atoms with E-state index < -0.39 is 11.6 Å². The fourth-order valence-electron chi connectivity index (χ4n) is 4.38. The summed E-state index contributed by atoms with van der Waals surface area (Å²) in [5.74, 6) is -1.40. The number of anilines is 1. The normalized spacial score (nSPS) is 14.0. The van der Waals surface area contributed by atoms with Crippen LogP contribution in [0.4, 0.5) is 14.6 Å². The molecule has 5 rings (SSSR count). The van der Waals surface area contributed by atoms with E-state index in [1.807, 2.05) is 24.3 Å². The molecule has 1 aliphatic heterocycles. The third-order valence-corrected chi connectivity index (χ3v) is 6.42. The molecule has 37 heavy (non-hydrogen) atoms. The Bertz CT molecular complexity index is 1370. The highest BCUT2D eigenvalue weighted by Crippen LogP contribution is 2.32. The van der Waals surface area contributed by atoms with Crippen molar-refractivity contribution in [3.63, 3.8) is 0 Å². The van der Waals surface area contributed by atoms with E-state index in [9.17, 15) is 4.39 Å². The van der Waals surface area contributed by atoms with Crippen molar-refractivity contribution in [2.24, 2.45) is 0 Å². The molecule has 192 valence electrons. The van der Waals surface area contributed by atoms with Crippen LogP contribution in [0.1, 0.15) is 19.3 Å². The molecule has 4 aromatic rings. The summed E-state index contributed by atoms with van der Waals surface area (Å²) in [5.41, 5.74) is 7.93. The quantitative estimate of drug-likeness (QED) is 0.380. The van der Waals surface area contributed by atoms with Crippen molar-refractivity contribution in [2.45, 2.75) is 19.3 Å². The average Bonchev–Trinajstić information content (AvgIpc) is 3.41. The zero-order valence-corrected chi connectivity index (χ0v) is 20.4. The zero-order valence-electron chi connectivity index (χ0n) is 20.4. The van der Waals surface area contributed by atoms with Crippen molar-refractivity contribution in [1.82, 2.24) is 30.1 Å². The van der Waals surface area contributed by atoms with Crippen molar-refractivity contribution in [2.75, 3.05) is 39.1 Å². The van der Waals surface area contributed by atoms with Gasteiger partial charge in [-0.15, -0.1) is 5.10 Å². The second-order valence-corrected chi connectivity index (χ2v) is 8.76. The number of nitrogens with zero attached hydrogens (tertiary/aromatic N) is 6. The predicted octanol–water partition coefficient (Wildman–Crippen LogP) is 4.13. The van der Waals surface area contributed by atoms with Gasteiger partial charge in [-0.2, -0.15) is 9.07 Å². The van der Waals surface area contributed by atoms with Crippen molar-refractivity contribution < 1.29 is 18.3 Å². The smallest absolute Gasteiger partial charge is 0.202 e. The second-order valence-electron chi connectivity index (χ2n) is 8.76. The maximum Gasteiger partial charge on any atom is 0.202 e. The maximum atomic E-state index is 15.2. The molecule has 1 fully saturated rings. The van der Waals surface area contributed by atoms with Crippen LogP contribution < -0.4 is 15.2 Å². The average molecular weight is 508 g/mol. The number of piperidine rings is 1. The van der Waals surface area contributed by atoms with E-state index in [2.05, 4.69) is 25.4 Å². The van der Waals surface area contributed by atoms with Gasteiger partial charge in [0, 0.05) is 18.3 Å². The molecule has 2 aromatic heterocycles. The topological polar surface area (TPSA) is 104 Å². The van der Waals surface area contributed by atoms with Gasteiger partial charge < -0.3 is 15.2 Å². The molecular weight excluding hydrogens is 480 g/mol. The number of rotatable bonds is 8. The molecular formula is C26H27F2N7O2. The van der Waals surface area contributed by atoms with Crippen LogP contribution in [0.2, 0.25) is 0 Å². The molecule has 1 aliphatic rings. The van der Waals surface area contributed by atoms with Gasteiger partial charge in [0.05, 0.1) is 12.7 Å². The van der Waals surface area contributed by atoms with Gasteiger partial charge in [-0.25, -0.2) is 9.37 Å². The number of pyridine rings is 1. The first kappa shape index (κ1) is 24.6. The molecule has 11 heteroatoms. The molecule has 3 heterocycles. The molecule has 0 saturated carbocycles. The molecule has 0 unspecified atom stereocenters. The van der Waals surface area contributed by atoms with Gasteiger partial charge in [0.15, 0.2) is 17.4 Å². The Hall–Kier alpha value is -4.12. The number of nitrogens with two attached hydrogens (primary N) is 1. The summed E-state index contributed by atoms with van der Waals surface area (Å²) in [6, 6.07) is 11.9. The van der Waals surface area contributed by atoms with Gasteiger partial charge >= 0.3 is 0 Å². The predicted molar refractivity (Wildman–Crippen MR) is 134 cm³/mol. The van der Waals surface area contributed by atoms with Crippen LogP contribution in [-0.2, 0) is 0 Å². The summed E-state index contributed by atoms with van der Waals surface area (Å²) in [5, 5.41) is 11.6. The lowest BCUT2D eigenvalue weighted by atomic mass is 10.0. The monoisotopic (exact) mass is 507 g/mol. The molecule has 2 N–H and O–H groups in total. The van der Waals surface area contributed by atoms with Gasteiger partial charge in [0.2, 0.25) is 5.82 Å². The van der Waals surface area contributed by atoms with Gasteiger partial charge in [0.1, 0.15) is 23.9 Å². The SMILES string of the molecule is COc1ccc(-c2cnc(N)c(-c3nnnn3-c3ccc(OCCN4CCCCC4)c(F)c3F)c2)cc1. The number of benzene rings is 2. The standard InChI is InChI=1S/C26H27F2N7O2/c1-36-19-7-5-17(6-8-19)18-15-20(25(29)30-16-18)26-31-32-33-35(26)21-9-10-22(24(28)23(21)27)37-14-13-34-11-3-2-4-12-34/h5-10,15-16H,2-4,11-14H2,1H3,(H2,29,30). The number of nitrogen functional groups attached to an aromatic ring is 1. The first-order chi connectivity index (χ1) is 18.0. The number of hydrogen-bond donors (Lipinski definition) is 1. The molecule has 0 radical (unpaired) electrons. The van der Waals surface area contributed by atoms with E-state index in [-0.39, 0.29) is 29.7 Å². The van der Waals surface area contributed by atoms with Crippen LogP contribution >= 0.6 is 0 Å². The molecule has 1 saturated heterocycles. The highest BCUT2D eigenvalue weighted by atomic mass is 19.2. The molecule has 9 nitrogen and oxygen atoms in total. The van der Waals surface area contributed by atoms with Crippen molar-refractivity contribution in [3.8, 4) is 39.7 Å². The fourth-order valence-corrected chi connectivity index (χ4v) is 4.38. The maximum absolute atomic E-state index is 15.2. The van der Waals surface area contributed by atoms with E-state index in [1.54, 1.807) is 19.4 Å². The van der Waals surface area contributed by atoms with Crippen LogP contribution in [0.25, 0.3) is 28.2 Å². The minimum absolute atomic E-state index is 0.123. The highest BCUT2D eigenvalue weighted by molar-refractivity contribution is 5.76. The Morgan fingerprint density at radius 1 is 0.973 bits per heavy atom. The van der Waals surface area contributed by atoms with E-state index in [1.165, 1.54) is 18.6 Å². The number of methoxy groups -OCH3 is 1.